The van der Waals surface area contributed by atoms with Crippen molar-refractivity contribution in [2.24, 2.45) is 5.73 Å². The molecule has 0 aliphatic rings. The molecule has 0 aliphatic heterocycles. The van der Waals surface area contributed by atoms with E-state index in [0.717, 1.165) is 19.5 Å². The van der Waals surface area contributed by atoms with E-state index in [2.05, 4.69) is 30.6 Å². The fraction of sp³-hybridized carbons (Fsp3) is 0.600. The second kappa shape index (κ2) is 5.37. The van der Waals surface area contributed by atoms with Crippen LogP contribution in [0.4, 0.5) is 0 Å². The number of thiophene rings is 1. The molecule has 1 aromatic rings. The number of nitrogens with two attached hydrogens (primary N) is 1. The third-order valence-electron chi connectivity index (χ3n) is 2.13. The van der Waals surface area contributed by atoms with E-state index in [1.54, 1.807) is 0 Å². The number of nitrogens with one attached hydrogen (secondary N) is 1. The van der Waals surface area contributed by atoms with E-state index in [1.807, 2.05) is 11.3 Å². The first-order valence-electron chi connectivity index (χ1n) is 4.73. The Hall–Kier alpha value is -0.380. The van der Waals surface area contributed by atoms with Crippen LogP contribution in [0.2, 0.25) is 0 Å². The summed E-state index contributed by atoms with van der Waals surface area (Å²) in [5.74, 6) is 0. The van der Waals surface area contributed by atoms with Gasteiger partial charge in [-0.1, -0.05) is 0 Å². The summed E-state index contributed by atoms with van der Waals surface area (Å²) < 4.78 is 0. The predicted molar refractivity (Wildman–Crippen MR) is 59.1 cm³/mol. The highest BCUT2D eigenvalue weighted by Crippen LogP contribution is 2.22. The molecule has 0 amide bonds. The second-order valence-corrected chi connectivity index (χ2v) is 4.23. The van der Waals surface area contributed by atoms with Crippen molar-refractivity contribution < 1.29 is 0 Å². The minimum Gasteiger partial charge on any atom is -0.330 e. The molecule has 0 radical (unpaired) electrons. The van der Waals surface area contributed by atoms with Crippen molar-refractivity contribution in [3.63, 3.8) is 0 Å². The lowest BCUT2D eigenvalue weighted by Crippen LogP contribution is -2.21. The summed E-state index contributed by atoms with van der Waals surface area (Å²) in [6.07, 6.45) is 1.05. The average molecular weight is 198 g/mol. The molecule has 3 heteroatoms. The third kappa shape index (κ3) is 3.10. The van der Waals surface area contributed by atoms with Gasteiger partial charge in [0.15, 0.2) is 0 Å². The lowest BCUT2D eigenvalue weighted by Gasteiger charge is -2.12. The molecule has 0 spiro atoms. The molecule has 1 rings (SSSR count). The zero-order chi connectivity index (χ0) is 9.68. The molecule has 74 valence electrons. The van der Waals surface area contributed by atoms with Gasteiger partial charge in [0, 0.05) is 10.9 Å². The topological polar surface area (TPSA) is 38.0 Å². The summed E-state index contributed by atoms with van der Waals surface area (Å²) in [5.41, 5.74) is 6.81. The Kier molecular flexibility index (Phi) is 4.42. The van der Waals surface area contributed by atoms with Gasteiger partial charge in [-0.15, -0.1) is 11.3 Å². The predicted octanol–water partition coefficient (Wildman–Crippen LogP) is 2.06. The van der Waals surface area contributed by atoms with E-state index >= 15 is 0 Å². The van der Waals surface area contributed by atoms with Gasteiger partial charge in [-0.3, -0.25) is 0 Å². The zero-order valence-corrected chi connectivity index (χ0v) is 9.16. The molecule has 0 fully saturated rings. The van der Waals surface area contributed by atoms with Crippen LogP contribution in [0, 0.1) is 6.92 Å². The maximum atomic E-state index is 5.43. The fourth-order valence-electron chi connectivity index (χ4n) is 1.34. The summed E-state index contributed by atoms with van der Waals surface area (Å²) in [6, 6.07) is 2.63. The minimum absolute atomic E-state index is 0.464. The second-order valence-electron chi connectivity index (χ2n) is 3.29. The van der Waals surface area contributed by atoms with Crippen LogP contribution >= 0.6 is 11.3 Å². The van der Waals surface area contributed by atoms with Crippen molar-refractivity contribution in [3.05, 3.63) is 21.9 Å². The molecule has 3 N–H and O–H groups in total. The van der Waals surface area contributed by atoms with Gasteiger partial charge in [0.05, 0.1) is 0 Å². The molecule has 0 bridgehead atoms. The zero-order valence-electron chi connectivity index (χ0n) is 8.34. The maximum absolute atomic E-state index is 5.43. The Bertz CT molecular complexity index is 245. The molecule has 1 aromatic heterocycles. The first-order valence-corrected chi connectivity index (χ1v) is 5.61. The Morgan fingerprint density at radius 1 is 1.62 bits per heavy atom. The highest BCUT2D eigenvalue weighted by Gasteiger charge is 2.07. The molecule has 13 heavy (non-hydrogen) atoms. The van der Waals surface area contributed by atoms with Gasteiger partial charge >= 0.3 is 0 Å². The number of hydrogen-bond donors (Lipinski definition) is 2. The normalized spacial score (nSPS) is 13.2. The Labute approximate surface area is 84.2 Å². The number of rotatable bonds is 5. The monoisotopic (exact) mass is 198 g/mol. The van der Waals surface area contributed by atoms with E-state index in [-0.39, 0.29) is 0 Å². The number of hydrogen-bond acceptors (Lipinski definition) is 3. The van der Waals surface area contributed by atoms with Crippen molar-refractivity contribution in [2.45, 2.75) is 26.3 Å². The summed E-state index contributed by atoms with van der Waals surface area (Å²) in [6.45, 7) is 6.14. The standard InChI is InChI=1S/C10H18N2S/c1-8-4-7-13-10(8)9(2)12-6-3-5-11/h4,7,9,12H,3,5-6,11H2,1-2H3. The highest BCUT2D eigenvalue weighted by molar-refractivity contribution is 7.10. The van der Waals surface area contributed by atoms with Crippen LogP contribution in [0.3, 0.4) is 0 Å². The van der Waals surface area contributed by atoms with E-state index in [0.29, 0.717) is 6.04 Å². The Morgan fingerprint density at radius 3 is 2.92 bits per heavy atom. The van der Waals surface area contributed by atoms with Gasteiger partial charge in [0.2, 0.25) is 0 Å². The SMILES string of the molecule is Cc1ccsc1C(C)NCCCN. The van der Waals surface area contributed by atoms with Crippen molar-refractivity contribution in [2.75, 3.05) is 13.1 Å². The summed E-state index contributed by atoms with van der Waals surface area (Å²) in [4.78, 5) is 1.44. The third-order valence-corrected chi connectivity index (χ3v) is 3.33. The molecule has 0 aliphatic carbocycles. The van der Waals surface area contributed by atoms with Crippen LogP contribution in [0.15, 0.2) is 11.4 Å². The summed E-state index contributed by atoms with van der Waals surface area (Å²) in [7, 11) is 0. The van der Waals surface area contributed by atoms with Gasteiger partial charge < -0.3 is 11.1 Å². The van der Waals surface area contributed by atoms with Crippen LogP contribution in [0.25, 0.3) is 0 Å². The van der Waals surface area contributed by atoms with Gasteiger partial charge in [0.1, 0.15) is 0 Å². The van der Waals surface area contributed by atoms with Crippen molar-refractivity contribution >= 4 is 11.3 Å². The summed E-state index contributed by atoms with van der Waals surface area (Å²) in [5, 5.41) is 5.60. The lowest BCUT2D eigenvalue weighted by molar-refractivity contribution is 0.567. The van der Waals surface area contributed by atoms with E-state index < -0.39 is 0 Å². The van der Waals surface area contributed by atoms with E-state index in [4.69, 9.17) is 5.73 Å². The van der Waals surface area contributed by atoms with E-state index in [1.165, 1.54) is 10.4 Å². The first-order chi connectivity index (χ1) is 6.25. The first kappa shape index (κ1) is 10.7. The van der Waals surface area contributed by atoms with Crippen LogP contribution < -0.4 is 11.1 Å². The molecule has 0 saturated carbocycles. The van der Waals surface area contributed by atoms with Gasteiger partial charge in [-0.25, -0.2) is 0 Å². The van der Waals surface area contributed by atoms with Gasteiger partial charge in [-0.2, -0.15) is 0 Å². The highest BCUT2D eigenvalue weighted by atomic mass is 32.1. The Balaban J connectivity index is 2.39. The average Bonchev–Trinajstić information content (AvgIpc) is 2.52. The van der Waals surface area contributed by atoms with Crippen LogP contribution in [-0.4, -0.2) is 13.1 Å². The summed E-state index contributed by atoms with van der Waals surface area (Å²) >= 11 is 1.82. The van der Waals surface area contributed by atoms with E-state index in [9.17, 15) is 0 Å². The van der Waals surface area contributed by atoms with Crippen molar-refractivity contribution in [1.29, 1.82) is 0 Å². The minimum atomic E-state index is 0.464. The number of aryl methyl sites for hydroxylation is 1. The fourth-order valence-corrected chi connectivity index (χ4v) is 2.30. The molecular weight excluding hydrogens is 180 g/mol. The Morgan fingerprint density at radius 2 is 2.38 bits per heavy atom. The molecular formula is C10H18N2S. The van der Waals surface area contributed by atoms with Crippen molar-refractivity contribution in [1.82, 2.24) is 5.32 Å². The molecule has 1 unspecified atom stereocenters. The van der Waals surface area contributed by atoms with Crippen LogP contribution in [0.1, 0.15) is 29.8 Å². The van der Waals surface area contributed by atoms with Crippen LogP contribution in [-0.2, 0) is 0 Å². The van der Waals surface area contributed by atoms with Gasteiger partial charge in [0.25, 0.3) is 0 Å². The molecule has 1 atom stereocenters. The smallest absolute Gasteiger partial charge is 0.0388 e. The quantitative estimate of drug-likeness (QED) is 0.711. The molecule has 0 aromatic carbocycles. The van der Waals surface area contributed by atoms with Crippen molar-refractivity contribution in [3.8, 4) is 0 Å². The largest absolute Gasteiger partial charge is 0.330 e. The molecule has 0 saturated heterocycles. The van der Waals surface area contributed by atoms with Gasteiger partial charge in [-0.05, 0) is 50.4 Å². The maximum Gasteiger partial charge on any atom is 0.0388 e. The van der Waals surface area contributed by atoms with Crippen LogP contribution in [0.5, 0.6) is 0 Å². The molecule has 2 nitrogen and oxygen atoms in total. The molecule has 1 heterocycles. The lowest BCUT2D eigenvalue weighted by atomic mass is 10.2.